The largest absolute Gasteiger partial charge is 0.395 e. The van der Waals surface area contributed by atoms with Gasteiger partial charge >= 0.3 is 0 Å². The summed E-state index contributed by atoms with van der Waals surface area (Å²) in [5, 5.41) is 16.2. The Bertz CT molecular complexity index is 1110. The van der Waals surface area contributed by atoms with Gasteiger partial charge in [0, 0.05) is 18.2 Å². The van der Waals surface area contributed by atoms with Crippen molar-refractivity contribution >= 4 is 26.9 Å². The van der Waals surface area contributed by atoms with Gasteiger partial charge in [0.1, 0.15) is 5.52 Å². The van der Waals surface area contributed by atoms with Crippen LogP contribution in [0.3, 0.4) is 0 Å². The summed E-state index contributed by atoms with van der Waals surface area (Å²) in [7, 11) is -3.64. The Hall–Kier alpha value is -2.49. The van der Waals surface area contributed by atoms with Crippen molar-refractivity contribution in [1.82, 2.24) is 19.5 Å². The first-order chi connectivity index (χ1) is 12.9. The molecule has 3 heterocycles. The number of benzene rings is 1. The van der Waals surface area contributed by atoms with E-state index in [0.29, 0.717) is 30.0 Å². The van der Waals surface area contributed by atoms with Crippen LogP contribution in [-0.2, 0) is 10.0 Å². The molecule has 1 unspecified atom stereocenters. The van der Waals surface area contributed by atoms with Crippen molar-refractivity contribution < 1.29 is 13.5 Å². The lowest BCUT2D eigenvalue weighted by Gasteiger charge is -2.22. The van der Waals surface area contributed by atoms with Crippen molar-refractivity contribution in [3.63, 3.8) is 0 Å². The number of pyridine rings is 1. The Morgan fingerprint density at radius 3 is 2.89 bits per heavy atom. The van der Waals surface area contributed by atoms with Crippen LogP contribution < -0.4 is 5.73 Å². The lowest BCUT2D eigenvalue weighted by Crippen LogP contribution is -2.37. The number of hydrogen-bond acceptors (Lipinski definition) is 6. The molecule has 1 aliphatic heterocycles. The van der Waals surface area contributed by atoms with Gasteiger partial charge in [0.2, 0.25) is 10.0 Å². The molecule has 27 heavy (non-hydrogen) atoms. The van der Waals surface area contributed by atoms with Crippen LogP contribution in [0.25, 0.3) is 22.3 Å². The number of nitrogen functional groups attached to an aromatic ring is 1. The topological polar surface area (TPSA) is 125 Å². The minimum atomic E-state index is -3.64. The van der Waals surface area contributed by atoms with Crippen LogP contribution in [0.4, 0.5) is 5.82 Å². The number of H-pyrrole nitrogens is 1. The van der Waals surface area contributed by atoms with Crippen LogP contribution in [0.1, 0.15) is 18.4 Å². The molecule has 0 amide bonds. The second kappa shape index (κ2) is 6.59. The van der Waals surface area contributed by atoms with Gasteiger partial charge in [-0.25, -0.2) is 13.4 Å². The van der Waals surface area contributed by atoms with Gasteiger partial charge < -0.3 is 10.8 Å². The molecule has 0 bridgehead atoms. The van der Waals surface area contributed by atoms with Crippen molar-refractivity contribution in [2.45, 2.75) is 30.7 Å². The molecule has 1 atom stereocenters. The van der Waals surface area contributed by atoms with E-state index >= 15 is 0 Å². The van der Waals surface area contributed by atoms with Crippen LogP contribution >= 0.6 is 0 Å². The maximum atomic E-state index is 13.0. The smallest absolute Gasteiger partial charge is 0.243 e. The molecule has 0 radical (unpaired) electrons. The highest BCUT2D eigenvalue weighted by atomic mass is 32.2. The first-order valence-electron chi connectivity index (χ1n) is 8.76. The fourth-order valence-electron chi connectivity index (χ4n) is 3.60. The van der Waals surface area contributed by atoms with Crippen LogP contribution in [-0.4, -0.2) is 52.2 Å². The number of hydrogen-bond donors (Lipinski definition) is 3. The molecule has 2 aromatic heterocycles. The Balaban J connectivity index is 1.72. The van der Waals surface area contributed by atoms with Gasteiger partial charge in [0.15, 0.2) is 5.82 Å². The molecule has 1 saturated heterocycles. The number of aliphatic hydroxyl groups is 1. The maximum absolute atomic E-state index is 13.0. The summed E-state index contributed by atoms with van der Waals surface area (Å²) in [6.07, 6.45) is 1.44. The average Bonchev–Trinajstić information content (AvgIpc) is 3.28. The summed E-state index contributed by atoms with van der Waals surface area (Å²) in [4.78, 5) is 4.78. The highest BCUT2D eigenvalue weighted by molar-refractivity contribution is 7.89. The lowest BCUT2D eigenvalue weighted by atomic mass is 10.1. The van der Waals surface area contributed by atoms with Gasteiger partial charge in [-0.3, -0.25) is 5.10 Å². The first-order valence-corrected chi connectivity index (χ1v) is 10.2. The van der Waals surface area contributed by atoms with Gasteiger partial charge in [-0.15, -0.1) is 0 Å². The lowest BCUT2D eigenvalue weighted by molar-refractivity contribution is 0.213. The number of nitrogens with one attached hydrogen (secondary N) is 1. The minimum absolute atomic E-state index is 0.160. The fourth-order valence-corrected chi connectivity index (χ4v) is 5.37. The number of anilines is 1. The standard InChI is InChI=1S/C18H21N5O3S/c1-11-9-13(27(25,26)23-8-2-3-12(23)10-24)4-5-14(11)15-6-7-16-17(20-15)18(19)22-21-16/h4-7,9,12,24H,2-3,8,10H2,1H3,(H3,19,21,22). The molecule has 0 aliphatic carbocycles. The summed E-state index contributed by atoms with van der Waals surface area (Å²) in [6.45, 7) is 2.13. The fraction of sp³-hybridized carbons (Fsp3) is 0.333. The summed E-state index contributed by atoms with van der Waals surface area (Å²) in [5.41, 5.74) is 9.49. The molecule has 142 valence electrons. The van der Waals surface area contributed by atoms with Gasteiger partial charge in [0.05, 0.1) is 22.7 Å². The van der Waals surface area contributed by atoms with Crippen LogP contribution in [0.5, 0.6) is 0 Å². The number of nitrogens with zero attached hydrogens (tertiary/aromatic N) is 3. The molecule has 0 saturated carbocycles. The van der Waals surface area contributed by atoms with E-state index in [9.17, 15) is 13.5 Å². The second-order valence-electron chi connectivity index (χ2n) is 6.77. The summed E-state index contributed by atoms with van der Waals surface area (Å²) in [5.74, 6) is 0.327. The van der Waals surface area contributed by atoms with Gasteiger partial charge in [-0.2, -0.15) is 9.40 Å². The Morgan fingerprint density at radius 1 is 1.33 bits per heavy atom. The molecular formula is C18H21N5O3S. The molecule has 1 aliphatic rings. The third-order valence-corrected chi connectivity index (χ3v) is 7.00. The minimum Gasteiger partial charge on any atom is -0.395 e. The first kappa shape index (κ1) is 17.9. The number of aliphatic hydroxyl groups excluding tert-OH is 1. The van der Waals surface area contributed by atoms with Crippen molar-refractivity contribution in [1.29, 1.82) is 0 Å². The molecule has 8 nitrogen and oxygen atoms in total. The van der Waals surface area contributed by atoms with Crippen LogP contribution in [0.2, 0.25) is 0 Å². The number of fused-ring (bicyclic) bond motifs is 1. The zero-order valence-electron chi connectivity index (χ0n) is 14.9. The highest BCUT2D eigenvalue weighted by Gasteiger charge is 2.35. The number of aromatic nitrogens is 3. The highest BCUT2D eigenvalue weighted by Crippen LogP contribution is 2.30. The van der Waals surface area contributed by atoms with Gasteiger partial charge in [-0.1, -0.05) is 6.07 Å². The zero-order valence-corrected chi connectivity index (χ0v) is 15.7. The second-order valence-corrected chi connectivity index (χ2v) is 8.66. The number of aromatic amines is 1. The number of sulfonamides is 1. The molecular weight excluding hydrogens is 366 g/mol. The van der Waals surface area contributed by atoms with Crippen molar-refractivity contribution in [2.24, 2.45) is 0 Å². The predicted molar refractivity (Wildman–Crippen MR) is 102 cm³/mol. The van der Waals surface area contributed by atoms with E-state index in [4.69, 9.17) is 5.73 Å². The van der Waals surface area contributed by atoms with Crippen LogP contribution in [0.15, 0.2) is 35.2 Å². The van der Waals surface area contributed by atoms with E-state index in [0.717, 1.165) is 23.1 Å². The number of nitrogens with two attached hydrogens (primary N) is 1. The monoisotopic (exact) mass is 387 g/mol. The maximum Gasteiger partial charge on any atom is 0.243 e. The SMILES string of the molecule is Cc1cc(S(=O)(=O)N2CCCC2CO)ccc1-c1ccc2[nH]nc(N)c2n1. The van der Waals surface area contributed by atoms with E-state index < -0.39 is 10.0 Å². The summed E-state index contributed by atoms with van der Waals surface area (Å²) < 4.78 is 27.3. The number of rotatable bonds is 4. The molecule has 0 spiro atoms. The summed E-state index contributed by atoms with van der Waals surface area (Å²) >= 11 is 0. The quantitative estimate of drug-likeness (QED) is 0.625. The van der Waals surface area contributed by atoms with Gasteiger partial charge in [0.25, 0.3) is 0 Å². The normalized spacial score (nSPS) is 18.4. The average molecular weight is 387 g/mol. The van der Waals surface area contributed by atoms with Crippen molar-refractivity contribution in [2.75, 3.05) is 18.9 Å². The molecule has 4 rings (SSSR count). The van der Waals surface area contributed by atoms with E-state index in [-0.39, 0.29) is 17.5 Å². The van der Waals surface area contributed by atoms with E-state index in [1.807, 2.05) is 19.1 Å². The predicted octanol–water partition coefficient (Wildman–Crippen LogP) is 1.66. The third-order valence-electron chi connectivity index (χ3n) is 5.05. The van der Waals surface area contributed by atoms with E-state index in [1.54, 1.807) is 18.2 Å². The van der Waals surface area contributed by atoms with Crippen molar-refractivity contribution in [3.8, 4) is 11.3 Å². The Labute approximate surface area is 157 Å². The van der Waals surface area contributed by atoms with Crippen LogP contribution in [0, 0.1) is 6.92 Å². The van der Waals surface area contributed by atoms with Crippen molar-refractivity contribution in [3.05, 3.63) is 35.9 Å². The number of aryl methyl sites for hydroxylation is 1. The van der Waals surface area contributed by atoms with Gasteiger partial charge in [-0.05, 0) is 49.6 Å². The molecule has 1 aromatic carbocycles. The van der Waals surface area contributed by atoms with E-state index in [2.05, 4.69) is 15.2 Å². The summed E-state index contributed by atoms with van der Waals surface area (Å²) in [6, 6.07) is 8.36. The molecule has 1 fully saturated rings. The molecule has 4 N–H and O–H groups in total. The Morgan fingerprint density at radius 2 is 2.15 bits per heavy atom. The molecule has 9 heteroatoms. The Kier molecular flexibility index (Phi) is 4.37. The third kappa shape index (κ3) is 2.97. The van der Waals surface area contributed by atoms with E-state index in [1.165, 1.54) is 4.31 Å². The molecule has 3 aromatic rings. The zero-order chi connectivity index (χ0) is 19.2.